The number of carbonyl (C=O) groups is 4. The topological polar surface area (TPSA) is 105 Å². The van der Waals surface area contributed by atoms with Crippen molar-refractivity contribution < 1.29 is 38.1 Å². The zero-order valence-corrected chi connectivity index (χ0v) is 17.5. The van der Waals surface area contributed by atoms with Crippen molar-refractivity contribution in [2.75, 3.05) is 20.8 Å². The van der Waals surface area contributed by atoms with Crippen molar-refractivity contribution in [1.29, 1.82) is 0 Å². The van der Waals surface area contributed by atoms with Gasteiger partial charge in [0.2, 0.25) is 6.29 Å². The maximum atomic E-state index is 13.0. The lowest BCUT2D eigenvalue weighted by molar-refractivity contribution is -0.233. The molecule has 0 unspecified atom stereocenters. The molecule has 29 heavy (non-hydrogen) atoms. The third-order valence-electron chi connectivity index (χ3n) is 5.08. The molecule has 8 nitrogen and oxygen atoms in total. The standard InChI is InChI=1S/C21H30O8/c1-7-9-15-16(23)12-28-18(29-14(4)22)17(15)21(19(24)26-5,20(25)27-6)11-8-10-13(2)3/h7,15,17-18H,1-2,8-12H2,3-6H3/t15-,17+,18-/m1/s1. The van der Waals surface area contributed by atoms with E-state index in [2.05, 4.69) is 13.2 Å². The summed E-state index contributed by atoms with van der Waals surface area (Å²) in [6.07, 6.45) is 1.34. The number of ketones is 1. The van der Waals surface area contributed by atoms with Gasteiger partial charge in [-0.2, -0.15) is 0 Å². The molecule has 1 fully saturated rings. The number of allylic oxidation sites excluding steroid dienone is 2. The average molecular weight is 410 g/mol. The summed E-state index contributed by atoms with van der Waals surface area (Å²) >= 11 is 0. The summed E-state index contributed by atoms with van der Waals surface area (Å²) in [5.74, 6) is -4.71. The van der Waals surface area contributed by atoms with Gasteiger partial charge in [0.15, 0.2) is 11.2 Å². The van der Waals surface area contributed by atoms with E-state index in [1.54, 1.807) is 0 Å². The van der Waals surface area contributed by atoms with Gasteiger partial charge in [0.25, 0.3) is 0 Å². The third kappa shape index (κ3) is 5.53. The molecule has 1 aliphatic heterocycles. The van der Waals surface area contributed by atoms with E-state index in [1.165, 1.54) is 13.0 Å². The Hall–Kier alpha value is -2.48. The molecule has 0 saturated carbocycles. The Morgan fingerprint density at radius 3 is 2.24 bits per heavy atom. The minimum atomic E-state index is -1.90. The fourth-order valence-electron chi connectivity index (χ4n) is 3.83. The largest absolute Gasteiger partial charge is 0.468 e. The van der Waals surface area contributed by atoms with Crippen molar-refractivity contribution in [3.63, 3.8) is 0 Å². The van der Waals surface area contributed by atoms with E-state index in [0.29, 0.717) is 12.8 Å². The highest BCUT2D eigenvalue weighted by atomic mass is 16.7. The number of rotatable bonds is 10. The van der Waals surface area contributed by atoms with E-state index in [4.69, 9.17) is 18.9 Å². The first-order valence-corrected chi connectivity index (χ1v) is 9.39. The van der Waals surface area contributed by atoms with E-state index >= 15 is 0 Å². The quantitative estimate of drug-likeness (QED) is 0.234. The van der Waals surface area contributed by atoms with E-state index in [9.17, 15) is 19.2 Å². The smallest absolute Gasteiger partial charge is 0.323 e. The molecule has 1 aliphatic rings. The van der Waals surface area contributed by atoms with Crippen molar-refractivity contribution in [2.45, 2.75) is 45.8 Å². The number of hydrogen-bond acceptors (Lipinski definition) is 8. The second-order valence-corrected chi connectivity index (χ2v) is 7.18. The van der Waals surface area contributed by atoms with E-state index in [-0.39, 0.29) is 25.2 Å². The first-order chi connectivity index (χ1) is 13.6. The van der Waals surface area contributed by atoms with Gasteiger partial charge < -0.3 is 18.9 Å². The number of esters is 3. The van der Waals surface area contributed by atoms with Gasteiger partial charge >= 0.3 is 17.9 Å². The van der Waals surface area contributed by atoms with Gasteiger partial charge in [-0.25, -0.2) is 0 Å². The molecule has 162 valence electrons. The summed E-state index contributed by atoms with van der Waals surface area (Å²) in [7, 11) is 2.29. The highest BCUT2D eigenvalue weighted by Gasteiger charge is 2.62. The minimum absolute atomic E-state index is 0.00587. The van der Waals surface area contributed by atoms with Crippen LogP contribution < -0.4 is 0 Å². The molecule has 0 bridgehead atoms. The van der Waals surface area contributed by atoms with Gasteiger partial charge in [-0.3, -0.25) is 19.2 Å². The molecule has 0 N–H and O–H groups in total. The molecular weight excluding hydrogens is 380 g/mol. The predicted molar refractivity (Wildman–Crippen MR) is 103 cm³/mol. The number of hydrogen-bond donors (Lipinski definition) is 0. The molecule has 1 rings (SSSR count). The number of methoxy groups -OCH3 is 2. The van der Waals surface area contributed by atoms with Crippen molar-refractivity contribution in [3.8, 4) is 0 Å². The zero-order valence-electron chi connectivity index (χ0n) is 17.5. The van der Waals surface area contributed by atoms with Crippen LogP contribution in [0.4, 0.5) is 0 Å². The lowest BCUT2D eigenvalue weighted by Gasteiger charge is -2.44. The van der Waals surface area contributed by atoms with Gasteiger partial charge in [-0.05, 0) is 32.6 Å². The van der Waals surface area contributed by atoms with Crippen LogP contribution >= 0.6 is 0 Å². The van der Waals surface area contributed by atoms with Gasteiger partial charge in [0.05, 0.1) is 20.1 Å². The lowest BCUT2D eigenvalue weighted by atomic mass is 9.63. The van der Waals surface area contributed by atoms with Crippen molar-refractivity contribution >= 4 is 23.7 Å². The summed E-state index contributed by atoms with van der Waals surface area (Å²) in [5.41, 5.74) is -1.04. The molecule has 8 heteroatoms. The zero-order chi connectivity index (χ0) is 22.2. The minimum Gasteiger partial charge on any atom is -0.468 e. The maximum Gasteiger partial charge on any atom is 0.323 e. The van der Waals surface area contributed by atoms with Crippen LogP contribution in [0.3, 0.4) is 0 Å². The first kappa shape index (κ1) is 24.6. The highest BCUT2D eigenvalue weighted by Crippen LogP contribution is 2.47. The number of carbonyl (C=O) groups excluding carboxylic acids is 4. The predicted octanol–water partition coefficient (Wildman–Crippen LogP) is 2.36. The van der Waals surface area contributed by atoms with Gasteiger partial charge in [-0.1, -0.05) is 11.6 Å². The summed E-state index contributed by atoms with van der Waals surface area (Å²) in [6, 6.07) is 0. The molecule has 0 aromatic heterocycles. The maximum absolute atomic E-state index is 13.0. The van der Waals surface area contributed by atoms with E-state index in [0.717, 1.165) is 19.8 Å². The molecule has 0 aromatic carbocycles. The summed E-state index contributed by atoms with van der Waals surface area (Å²) in [5, 5.41) is 0. The molecular formula is C21H30O8. The van der Waals surface area contributed by atoms with Crippen LogP contribution in [-0.4, -0.2) is 50.8 Å². The third-order valence-corrected chi connectivity index (χ3v) is 5.08. The number of Topliss-reactive ketones (excluding diaryl/α,β-unsaturated/α-hetero) is 1. The van der Waals surface area contributed by atoms with Crippen LogP contribution in [-0.2, 0) is 38.1 Å². The summed E-state index contributed by atoms with van der Waals surface area (Å²) in [6.45, 7) is 10.2. The molecule has 1 heterocycles. The lowest BCUT2D eigenvalue weighted by Crippen LogP contribution is -2.59. The van der Waals surface area contributed by atoms with Crippen molar-refractivity contribution in [2.24, 2.45) is 17.3 Å². The molecule has 0 amide bonds. The second kappa shape index (κ2) is 10.9. The van der Waals surface area contributed by atoms with Gasteiger partial charge in [0.1, 0.15) is 6.61 Å². The van der Waals surface area contributed by atoms with Gasteiger partial charge in [-0.15, -0.1) is 13.2 Å². The Bertz CT molecular complexity index is 650. The first-order valence-electron chi connectivity index (χ1n) is 9.39. The molecule has 1 saturated heterocycles. The Labute approximate surface area is 171 Å². The van der Waals surface area contributed by atoms with Crippen LogP contribution in [0.1, 0.15) is 39.5 Å². The normalized spacial score (nSPS) is 21.8. The van der Waals surface area contributed by atoms with Crippen molar-refractivity contribution in [3.05, 3.63) is 24.8 Å². The summed E-state index contributed by atoms with van der Waals surface area (Å²) in [4.78, 5) is 50.3. The fraction of sp³-hybridized carbons (Fsp3) is 0.619. The van der Waals surface area contributed by atoms with Crippen LogP contribution in [0.2, 0.25) is 0 Å². The van der Waals surface area contributed by atoms with Crippen molar-refractivity contribution in [1.82, 2.24) is 0 Å². The average Bonchev–Trinajstić information content (AvgIpc) is 2.66. The van der Waals surface area contributed by atoms with Crippen LogP contribution in [0, 0.1) is 17.3 Å². The number of ether oxygens (including phenoxy) is 4. The fourth-order valence-corrected chi connectivity index (χ4v) is 3.83. The Kier molecular flexibility index (Phi) is 9.23. The molecule has 0 aliphatic carbocycles. The molecule has 3 atom stereocenters. The summed E-state index contributed by atoms with van der Waals surface area (Å²) < 4.78 is 20.7. The Balaban J connectivity index is 3.63. The van der Waals surface area contributed by atoms with Gasteiger partial charge in [0, 0.05) is 12.8 Å². The SMILES string of the molecule is C=CC[C@@H]1C(=O)CO[C@H](OC(C)=O)[C@H]1C(CCCC(=C)C)(C(=O)OC)C(=O)OC. The Morgan fingerprint density at radius 2 is 1.79 bits per heavy atom. The van der Waals surface area contributed by atoms with E-state index in [1.807, 2.05) is 6.92 Å². The van der Waals surface area contributed by atoms with Crippen LogP contribution in [0.5, 0.6) is 0 Å². The monoisotopic (exact) mass is 410 g/mol. The molecule has 0 aromatic rings. The van der Waals surface area contributed by atoms with Crippen LogP contribution in [0.25, 0.3) is 0 Å². The highest BCUT2D eigenvalue weighted by molar-refractivity contribution is 6.01. The van der Waals surface area contributed by atoms with Crippen LogP contribution in [0.15, 0.2) is 24.8 Å². The molecule has 0 radical (unpaired) electrons. The Morgan fingerprint density at radius 1 is 1.21 bits per heavy atom. The molecule has 0 spiro atoms. The second-order valence-electron chi connectivity index (χ2n) is 7.18. The van der Waals surface area contributed by atoms with E-state index < -0.39 is 41.4 Å².